The van der Waals surface area contributed by atoms with E-state index in [1.807, 2.05) is 0 Å². The monoisotopic (exact) mass is 450 g/mol. The third-order valence-electron chi connectivity index (χ3n) is 7.71. The van der Waals surface area contributed by atoms with Crippen LogP contribution < -0.4 is 0 Å². The molecule has 2 aliphatic heterocycles. The lowest BCUT2D eigenvalue weighted by atomic mass is 9.74. The van der Waals surface area contributed by atoms with Crippen LogP contribution in [0.25, 0.3) is 0 Å². The lowest BCUT2D eigenvalue weighted by molar-refractivity contribution is -0.143. The van der Waals surface area contributed by atoms with Crippen LogP contribution in [0.2, 0.25) is 0 Å². The second kappa shape index (κ2) is 8.82. The van der Waals surface area contributed by atoms with Gasteiger partial charge in [0.2, 0.25) is 5.91 Å². The number of halogens is 3. The van der Waals surface area contributed by atoms with Gasteiger partial charge < -0.3 is 9.64 Å². The highest BCUT2D eigenvalue weighted by molar-refractivity contribution is 5.86. The van der Waals surface area contributed by atoms with E-state index in [0.717, 1.165) is 37.7 Å². The van der Waals surface area contributed by atoms with Crippen molar-refractivity contribution in [2.45, 2.75) is 64.3 Å². The van der Waals surface area contributed by atoms with Gasteiger partial charge in [-0.3, -0.25) is 9.69 Å². The van der Waals surface area contributed by atoms with E-state index in [9.17, 15) is 18.0 Å². The average molecular weight is 451 g/mol. The summed E-state index contributed by atoms with van der Waals surface area (Å²) in [6.07, 6.45) is 3.14. The van der Waals surface area contributed by atoms with E-state index in [4.69, 9.17) is 4.74 Å². The quantitative estimate of drug-likeness (QED) is 0.625. The van der Waals surface area contributed by atoms with Crippen LogP contribution in [0.4, 0.5) is 13.2 Å². The minimum Gasteiger partial charge on any atom is -0.381 e. The van der Waals surface area contributed by atoms with E-state index in [2.05, 4.69) is 37.9 Å². The summed E-state index contributed by atoms with van der Waals surface area (Å²) in [5.74, 6) is 0.136. The summed E-state index contributed by atoms with van der Waals surface area (Å²) in [6.45, 7) is 6.46. The first kappa shape index (κ1) is 23.3. The van der Waals surface area contributed by atoms with Crippen LogP contribution in [0.1, 0.15) is 49.8 Å². The van der Waals surface area contributed by atoms with E-state index >= 15 is 0 Å². The summed E-state index contributed by atoms with van der Waals surface area (Å²) in [6, 6.07) is 4.54. The number of hydrogen-bond acceptors (Lipinski definition) is 3. The molecule has 1 amide bonds. The molecule has 7 heteroatoms. The number of likely N-dealkylation sites (N-methyl/N-ethyl adjacent to an activating group) is 1. The fraction of sp³-hybridized carbons (Fsp3) is 0.640. The molecule has 1 aromatic rings. The molecule has 3 aliphatic rings. The van der Waals surface area contributed by atoms with E-state index < -0.39 is 17.2 Å². The molecule has 0 bridgehead atoms. The fourth-order valence-corrected chi connectivity index (χ4v) is 5.44. The molecule has 0 aromatic heterocycles. The first-order chi connectivity index (χ1) is 15.1. The highest BCUT2D eigenvalue weighted by Crippen LogP contribution is 2.44. The largest absolute Gasteiger partial charge is 0.416 e. The SMILES string of the molecule is CC(C)[C@]1(C(=O)N2CCc3ccc(C(F)(F)F)cc3C2)C=C[C@@H](N(C)C2CCOCC2)C1. The van der Waals surface area contributed by atoms with Gasteiger partial charge in [-0.05, 0) is 61.9 Å². The van der Waals surface area contributed by atoms with Gasteiger partial charge in [0.25, 0.3) is 0 Å². The Balaban J connectivity index is 1.51. The Hall–Kier alpha value is -1.86. The molecule has 2 heterocycles. The molecular weight excluding hydrogens is 417 g/mol. The van der Waals surface area contributed by atoms with E-state index in [0.29, 0.717) is 31.0 Å². The Bertz CT molecular complexity index is 876. The Kier molecular flexibility index (Phi) is 6.43. The van der Waals surface area contributed by atoms with Crippen LogP contribution in [0, 0.1) is 11.3 Å². The Morgan fingerprint density at radius 2 is 1.94 bits per heavy atom. The number of fused-ring (bicyclic) bond motifs is 1. The number of benzene rings is 1. The van der Waals surface area contributed by atoms with Crippen molar-refractivity contribution in [2.75, 3.05) is 26.8 Å². The van der Waals surface area contributed by atoms with E-state index in [-0.39, 0.29) is 24.4 Å². The molecule has 4 nitrogen and oxygen atoms in total. The lowest BCUT2D eigenvalue weighted by Crippen LogP contribution is -2.49. The summed E-state index contributed by atoms with van der Waals surface area (Å²) in [5, 5.41) is 0. The van der Waals surface area contributed by atoms with Crippen molar-refractivity contribution in [3.63, 3.8) is 0 Å². The third kappa shape index (κ3) is 4.34. The summed E-state index contributed by atoms with van der Waals surface area (Å²) in [5.41, 5.74) is 0.238. The second-order valence-corrected chi connectivity index (χ2v) is 9.79. The fourth-order valence-electron chi connectivity index (χ4n) is 5.44. The number of ether oxygens (including phenoxy) is 1. The zero-order chi connectivity index (χ0) is 23.1. The summed E-state index contributed by atoms with van der Waals surface area (Å²) in [7, 11) is 2.13. The Morgan fingerprint density at radius 3 is 2.59 bits per heavy atom. The van der Waals surface area contributed by atoms with Crippen LogP contribution in [-0.4, -0.2) is 54.6 Å². The Morgan fingerprint density at radius 1 is 1.22 bits per heavy atom. The number of carbonyl (C=O) groups is 1. The number of amides is 1. The van der Waals surface area contributed by atoms with Crippen LogP contribution in [0.15, 0.2) is 30.4 Å². The van der Waals surface area contributed by atoms with Gasteiger partial charge in [0.1, 0.15) is 0 Å². The van der Waals surface area contributed by atoms with Crippen molar-refractivity contribution in [3.8, 4) is 0 Å². The molecule has 1 aliphatic carbocycles. The number of rotatable bonds is 4. The summed E-state index contributed by atoms with van der Waals surface area (Å²) >= 11 is 0. The highest BCUT2D eigenvalue weighted by Gasteiger charge is 2.48. The first-order valence-corrected chi connectivity index (χ1v) is 11.6. The summed E-state index contributed by atoms with van der Waals surface area (Å²) < 4.78 is 45.1. The zero-order valence-electron chi connectivity index (χ0n) is 19.1. The van der Waals surface area contributed by atoms with Gasteiger partial charge in [-0.1, -0.05) is 32.1 Å². The van der Waals surface area contributed by atoms with Crippen molar-refractivity contribution in [1.82, 2.24) is 9.80 Å². The molecule has 1 saturated heterocycles. The number of alkyl halides is 3. The molecule has 0 spiro atoms. The smallest absolute Gasteiger partial charge is 0.381 e. The number of hydrogen-bond donors (Lipinski definition) is 0. The predicted octanol–water partition coefficient (Wildman–Crippen LogP) is 4.67. The maximum absolute atomic E-state index is 13.8. The van der Waals surface area contributed by atoms with Gasteiger partial charge in [-0.25, -0.2) is 0 Å². The van der Waals surface area contributed by atoms with Crippen LogP contribution >= 0.6 is 0 Å². The standard InChI is InChI=1S/C25H33F3N2O2/c1-17(2)24(10-6-22(15-24)29(3)21-8-12-32-13-9-21)23(31)30-11-7-18-4-5-20(25(26,27)28)14-19(18)16-30/h4-6,10,14,17,21-22H,7-9,11-13,15-16H2,1-3H3/t22-,24+/m1/s1. The van der Waals surface area contributed by atoms with Crippen LogP contribution in [0.5, 0.6) is 0 Å². The molecule has 0 saturated carbocycles. The van der Waals surface area contributed by atoms with Gasteiger partial charge >= 0.3 is 6.18 Å². The van der Waals surface area contributed by atoms with Crippen molar-refractivity contribution in [3.05, 3.63) is 47.0 Å². The van der Waals surface area contributed by atoms with Crippen molar-refractivity contribution < 1.29 is 22.7 Å². The van der Waals surface area contributed by atoms with Gasteiger partial charge in [-0.2, -0.15) is 13.2 Å². The minimum absolute atomic E-state index is 0.0367. The van der Waals surface area contributed by atoms with E-state index in [1.165, 1.54) is 6.07 Å². The molecule has 0 unspecified atom stereocenters. The molecule has 0 N–H and O–H groups in total. The van der Waals surface area contributed by atoms with Crippen molar-refractivity contribution in [1.29, 1.82) is 0 Å². The van der Waals surface area contributed by atoms with Gasteiger partial charge in [0, 0.05) is 38.4 Å². The molecule has 176 valence electrons. The average Bonchev–Trinajstić information content (AvgIpc) is 3.24. The highest BCUT2D eigenvalue weighted by atomic mass is 19.4. The van der Waals surface area contributed by atoms with Gasteiger partial charge in [0.15, 0.2) is 0 Å². The van der Waals surface area contributed by atoms with E-state index in [1.54, 1.807) is 11.0 Å². The van der Waals surface area contributed by atoms with Gasteiger partial charge in [0.05, 0.1) is 11.0 Å². The maximum Gasteiger partial charge on any atom is 0.416 e. The van der Waals surface area contributed by atoms with Gasteiger partial charge in [-0.15, -0.1) is 0 Å². The molecule has 1 fully saturated rings. The predicted molar refractivity (Wildman–Crippen MR) is 117 cm³/mol. The van der Waals surface area contributed by atoms with Crippen LogP contribution in [-0.2, 0) is 28.7 Å². The second-order valence-electron chi connectivity index (χ2n) is 9.79. The number of carbonyl (C=O) groups excluding carboxylic acids is 1. The topological polar surface area (TPSA) is 32.8 Å². The molecule has 2 atom stereocenters. The third-order valence-corrected chi connectivity index (χ3v) is 7.71. The normalized spacial score (nSPS) is 26.8. The minimum atomic E-state index is -4.38. The molecular formula is C25H33F3N2O2. The van der Waals surface area contributed by atoms with Crippen molar-refractivity contribution >= 4 is 5.91 Å². The molecule has 1 aromatic carbocycles. The molecule has 32 heavy (non-hydrogen) atoms. The zero-order valence-corrected chi connectivity index (χ0v) is 19.1. The molecule has 4 rings (SSSR count). The van der Waals surface area contributed by atoms with Crippen LogP contribution in [0.3, 0.4) is 0 Å². The first-order valence-electron chi connectivity index (χ1n) is 11.6. The number of nitrogens with zero attached hydrogens (tertiary/aromatic N) is 2. The summed E-state index contributed by atoms with van der Waals surface area (Å²) in [4.78, 5) is 18.0. The lowest BCUT2D eigenvalue weighted by Gasteiger charge is -2.41. The maximum atomic E-state index is 13.8. The molecule has 0 radical (unpaired) electrons. The van der Waals surface area contributed by atoms with Crippen molar-refractivity contribution in [2.24, 2.45) is 11.3 Å². The Labute approximate surface area is 188 Å².